The Kier molecular flexibility index (Phi) is 5.80. The van der Waals surface area contributed by atoms with Crippen LogP contribution in [0.25, 0.3) is 0 Å². The summed E-state index contributed by atoms with van der Waals surface area (Å²) in [6, 6.07) is 0. The van der Waals surface area contributed by atoms with Gasteiger partial charge in [0, 0.05) is 24.4 Å². The molecule has 21 heavy (non-hydrogen) atoms. The molecule has 1 aliphatic carbocycles. The highest BCUT2D eigenvalue weighted by atomic mass is 16.5. The van der Waals surface area contributed by atoms with Crippen LogP contribution >= 0.6 is 0 Å². The molecular formula is C17H31N3O. The first kappa shape index (κ1) is 16.5. The van der Waals surface area contributed by atoms with Crippen LogP contribution in [0.4, 0.5) is 0 Å². The monoisotopic (exact) mass is 293 g/mol. The second-order valence-electron chi connectivity index (χ2n) is 7.48. The summed E-state index contributed by atoms with van der Waals surface area (Å²) < 4.78 is 5.41. The van der Waals surface area contributed by atoms with E-state index in [1.54, 1.807) is 0 Å². The summed E-state index contributed by atoms with van der Waals surface area (Å²) in [5.74, 6) is 3.16. The van der Waals surface area contributed by atoms with Crippen molar-refractivity contribution in [2.45, 2.75) is 84.1 Å². The molecule has 1 heterocycles. The highest BCUT2D eigenvalue weighted by molar-refractivity contribution is 4.98. The fourth-order valence-corrected chi connectivity index (χ4v) is 3.20. The molecule has 4 nitrogen and oxygen atoms in total. The molecule has 2 rings (SSSR count). The Labute approximate surface area is 129 Å². The van der Waals surface area contributed by atoms with E-state index in [1.165, 1.54) is 38.5 Å². The van der Waals surface area contributed by atoms with Crippen LogP contribution in [0.5, 0.6) is 0 Å². The molecule has 0 aromatic carbocycles. The standard InChI is InChI=1S/C17H31N3O/c1-5-6-13-7-9-14(10-8-13)16-19-15(21-20-16)11-12-18-17(2,3)4/h13-14,18H,5-12H2,1-4H3. The fraction of sp³-hybridized carbons (Fsp3) is 0.882. The summed E-state index contributed by atoms with van der Waals surface area (Å²) >= 11 is 0. The van der Waals surface area contributed by atoms with Gasteiger partial charge in [0.05, 0.1) is 0 Å². The smallest absolute Gasteiger partial charge is 0.227 e. The number of aromatic nitrogens is 2. The maximum absolute atomic E-state index is 5.41. The van der Waals surface area contributed by atoms with Gasteiger partial charge in [-0.15, -0.1) is 0 Å². The number of rotatable bonds is 6. The van der Waals surface area contributed by atoms with Crippen molar-refractivity contribution in [2.75, 3.05) is 6.54 Å². The summed E-state index contributed by atoms with van der Waals surface area (Å²) in [6.07, 6.45) is 8.61. The van der Waals surface area contributed by atoms with Crippen LogP contribution in [-0.4, -0.2) is 22.2 Å². The Bertz CT molecular complexity index is 414. The minimum Gasteiger partial charge on any atom is -0.339 e. The molecule has 0 amide bonds. The largest absolute Gasteiger partial charge is 0.339 e. The van der Waals surface area contributed by atoms with Gasteiger partial charge in [0.15, 0.2) is 5.82 Å². The highest BCUT2D eigenvalue weighted by Gasteiger charge is 2.25. The molecule has 1 aromatic heterocycles. The first-order chi connectivity index (χ1) is 9.98. The molecule has 1 N–H and O–H groups in total. The molecule has 120 valence electrons. The van der Waals surface area contributed by atoms with Gasteiger partial charge in [-0.05, 0) is 52.4 Å². The van der Waals surface area contributed by atoms with Gasteiger partial charge < -0.3 is 9.84 Å². The third-order valence-electron chi connectivity index (χ3n) is 4.39. The van der Waals surface area contributed by atoms with Crippen LogP contribution in [0.1, 0.15) is 83.9 Å². The molecule has 0 atom stereocenters. The molecular weight excluding hydrogens is 262 g/mol. The molecule has 0 radical (unpaired) electrons. The number of nitrogens with one attached hydrogen (secondary N) is 1. The van der Waals surface area contributed by atoms with Crippen molar-refractivity contribution in [3.05, 3.63) is 11.7 Å². The van der Waals surface area contributed by atoms with E-state index in [0.29, 0.717) is 5.92 Å². The second-order valence-corrected chi connectivity index (χ2v) is 7.48. The maximum Gasteiger partial charge on any atom is 0.227 e. The second kappa shape index (κ2) is 7.39. The normalized spacial score (nSPS) is 23.4. The van der Waals surface area contributed by atoms with Crippen LogP contribution in [0.3, 0.4) is 0 Å². The molecule has 1 saturated carbocycles. The van der Waals surface area contributed by atoms with E-state index in [0.717, 1.165) is 30.6 Å². The van der Waals surface area contributed by atoms with E-state index in [9.17, 15) is 0 Å². The van der Waals surface area contributed by atoms with Crippen molar-refractivity contribution in [2.24, 2.45) is 5.92 Å². The van der Waals surface area contributed by atoms with Crippen molar-refractivity contribution >= 4 is 0 Å². The zero-order valence-electron chi connectivity index (χ0n) is 14.1. The predicted octanol–water partition coefficient (Wildman–Crippen LogP) is 4.07. The molecule has 1 aromatic rings. The lowest BCUT2D eigenvalue weighted by Crippen LogP contribution is -2.37. The Morgan fingerprint density at radius 1 is 1.19 bits per heavy atom. The summed E-state index contributed by atoms with van der Waals surface area (Å²) in [4.78, 5) is 4.61. The molecule has 0 spiro atoms. The molecule has 0 bridgehead atoms. The summed E-state index contributed by atoms with van der Waals surface area (Å²) in [7, 11) is 0. The van der Waals surface area contributed by atoms with Crippen molar-refractivity contribution in [1.29, 1.82) is 0 Å². The van der Waals surface area contributed by atoms with Crippen LogP contribution in [0, 0.1) is 5.92 Å². The molecule has 4 heteroatoms. The van der Waals surface area contributed by atoms with Gasteiger partial charge in [-0.2, -0.15) is 4.98 Å². The number of hydrogen-bond donors (Lipinski definition) is 1. The highest BCUT2D eigenvalue weighted by Crippen LogP contribution is 2.36. The Hall–Kier alpha value is -0.900. The lowest BCUT2D eigenvalue weighted by Gasteiger charge is -2.26. The lowest BCUT2D eigenvalue weighted by atomic mass is 9.80. The van der Waals surface area contributed by atoms with E-state index in [1.807, 2.05) is 0 Å². The van der Waals surface area contributed by atoms with Gasteiger partial charge in [0.1, 0.15) is 0 Å². The van der Waals surface area contributed by atoms with Gasteiger partial charge in [0.2, 0.25) is 5.89 Å². The van der Waals surface area contributed by atoms with Gasteiger partial charge >= 0.3 is 0 Å². The van der Waals surface area contributed by atoms with E-state index in [2.05, 4.69) is 43.2 Å². The molecule has 1 aliphatic rings. The quantitative estimate of drug-likeness (QED) is 0.859. The van der Waals surface area contributed by atoms with Gasteiger partial charge in [-0.25, -0.2) is 0 Å². The van der Waals surface area contributed by atoms with E-state index in [-0.39, 0.29) is 5.54 Å². The molecule has 1 fully saturated rings. The number of nitrogens with zero attached hydrogens (tertiary/aromatic N) is 2. The minimum absolute atomic E-state index is 0.139. The van der Waals surface area contributed by atoms with Gasteiger partial charge in [-0.1, -0.05) is 24.9 Å². The first-order valence-corrected chi connectivity index (χ1v) is 8.55. The minimum atomic E-state index is 0.139. The summed E-state index contributed by atoms with van der Waals surface area (Å²) in [5, 5.41) is 7.66. The first-order valence-electron chi connectivity index (χ1n) is 8.55. The van der Waals surface area contributed by atoms with Gasteiger partial charge in [0.25, 0.3) is 0 Å². The summed E-state index contributed by atoms with van der Waals surface area (Å²) in [6.45, 7) is 9.67. The predicted molar refractivity (Wildman–Crippen MR) is 85.4 cm³/mol. The van der Waals surface area contributed by atoms with Crippen LogP contribution < -0.4 is 5.32 Å². The maximum atomic E-state index is 5.41. The zero-order chi connectivity index (χ0) is 15.3. The Morgan fingerprint density at radius 3 is 2.52 bits per heavy atom. The number of hydrogen-bond acceptors (Lipinski definition) is 4. The Balaban J connectivity index is 1.78. The van der Waals surface area contributed by atoms with E-state index >= 15 is 0 Å². The SMILES string of the molecule is CCCC1CCC(c2noc(CCNC(C)(C)C)n2)CC1. The zero-order valence-corrected chi connectivity index (χ0v) is 14.1. The van der Waals surface area contributed by atoms with E-state index in [4.69, 9.17) is 4.52 Å². The topological polar surface area (TPSA) is 51.0 Å². The third-order valence-corrected chi connectivity index (χ3v) is 4.39. The third kappa shape index (κ3) is 5.42. The summed E-state index contributed by atoms with van der Waals surface area (Å²) in [5.41, 5.74) is 0.139. The van der Waals surface area contributed by atoms with E-state index < -0.39 is 0 Å². The van der Waals surface area contributed by atoms with Crippen molar-refractivity contribution < 1.29 is 4.52 Å². The van der Waals surface area contributed by atoms with Crippen molar-refractivity contribution in [3.8, 4) is 0 Å². The lowest BCUT2D eigenvalue weighted by molar-refractivity contribution is 0.294. The van der Waals surface area contributed by atoms with Crippen molar-refractivity contribution in [1.82, 2.24) is 15.5 Å². The fourth-order valence-electron chi connectivity index (χ4n) is 3.20. The molecule has 0 aliphatic heterocycles. The molecule has 0 saturated heterocycles. The van der Waals surface area contributed by atoms with Crippen LogP contribution in [-0.2, 0) is 6.42 Å². The average molecular weight is 293 g/mol. The molecule has 0 unspecified atom stereocenters. The van der Waals surface area contributed by atoms with Crippen LogP contribution in [0.2, 0.25) is 0 Å². The Morgan fingerprint density at radius 2 is 1.90 bits per heavy atom. The van der Waals surface area contributed by atoms with Crippen molar-refractivity contribution in [3.63, 3.8) is 0 Å². The average Bonchev–Trinajstić information content (AvgIpc) is 2.87. The van der Waals surface area contributed by atoms with Gasteiger partial charge in [-0.3, -0.25) is 0 Å². The van der Waals surface area contributed by atoms with Crippen LogP contribution in [0.15, 0.2) is 4.52 Å².